The van der Waals surface area contributed by atoms with Crippen molar-refractivity contribution in [2.24, 2.45) is 5.73 Å². The van der Waals surface area contributed by atoms with Crippen LogP contribution < -0.4 is 21.7 Å². The van der Waals surface area contributed by atoms with Crippen LogP contribution in [0.3, 0.4) is 0 Å². The van der Waals surface area contributed by atoms with Gasteiger partial charge in [0.05, 0.1) is 6.04 Å². The minimum atomic E-state index is -1.31. The fraction of sp³-hybridized carbons (Fsp3) is 0.200. The molecule has 12 heteroatoms. The van der Waals surface area contributed by atoms with E-state index in [4.69, 9.17) is 5.73 Å². The van der Waals surface area contributed by atoms with Crippen molar-refractivity contribution in [2.45, 2.75) is 49.9 Å². The van der Waals surface area contributed by atoms with Crippen LogP contribution in [0.2, 0.25) is 0 Å². The molecule has 12 nitrogen and oxygen atoms in total. The third kappa shape index (κ3) is 8.66. The number of aromatic hydroxyl groups is 1. The predicted molar refractivity (Wildman–Crippen MR) is 197 cm³/mol. The van der Waals surface area contributed by atoms with Gasteiger partial charge in [-0.3, -0.25) is 14.4 Å². The normalized spacial score (nSPS) is 13.6. The lowest BCUT2D eigenvalue weighted by atomic mass is 10.0. The fourth-order valence-electron chi connectivity index (χ4n) is 6.31. The Kier molecular flexibility index (Phi) is 11.0. The van der Waals surface area contributed by atoms with Gasteiger partial charge in [-0.1, -0.05) is 78.9 Å². The zero-order valence-corrected chi connectivity index (χ0v) is 28.2. The summed E-state index contributed by atoms with van der Waals surface area (Å²) < 4.78 is 0. The van der Waals surface area contributed by atoms with E-state index in [1.807, 2.05) is 78.9 Å². The number of carbonyl (C=O) groups is 4. The number of benzene rings is 4. The highest BCUT2D eigenvalue weighted by molar-refractivity contribution is 5.95. The number of carboxylic acids is 1. The zero-order chi connectivity index (χ0) is 36.6. The molecular weight excluding hydrogens is 660 g/mol. The van der Waals surface area contributed by atoms with E-state index >= 15 is 0 Å². The molecule has 3 amide bonds. The average molecular weight is 701 g/mol. The Morgan fingerprint density at radius 1 is 0.558 bits per heavy atom. The van der Waals surface area contributed by atoms with Crippen molar-refractivity contribution in [2.75, 3.05) is 0 Å². The van der Waals surface area contributed by atoms with Crippen LogP contribution >= 0.6 is 0 Å². The molecule has 52 heavy (non-hydrogen) atoms. The van der Waals surface area contributed by atoms with Crippen molar-refractivity contribution < 1.29 is 29.4 Å². The Labute approximate surface area is 299 Å². The lowest BCUT2D eigenvalue weighted by Crippen LogP contribution is -2.58. The van der Waals surface area contributed by atoms with E-state index in [0.717, 1.165) is 32.9 Å². The van der Waals surface area contributed by atoms with E-state index < -0.39 is 47.9 Å². The molecule has 0 bridgehead atoms. The maximum absolute atomic E-state index is 14.1. The second-order valence-corrected chi connectivity index (χ2v) is 12.8. The van der Waals surface area contributed by atoms with Gasteiger partial charge < -0.3 is 41.9 Å². The van der Waals surface area contributed by atoms with Gasteiger partial charge in [-0.15, -0.1) is 0 Å². The van der Waals surface area contributed by atoms with Crippen LogP contribution in [0.5, 0.6) is 5.75 Å². The summed E-state index contributed by atoms with van der Waals surface area (Å²) in [5.41, 5.74) is 11.0. The molecule has 0 saturated carbocycles. The highest BCUT2D eigenvalue weighted by atomic mass is 16.4. The molecule has 0 aliphatic heterocycles. The largest absolute Gasteiger partial charge is 0.508 e. The number of nitrogens with two attached hydrogens (primary N) is 1. The molecule has 2 heterocycles. The van der Waals surface area contributed by atoms with Crippen molar-refractivity contribution in [3.8, 4) is 5.75 Å². The van der Waals surface area contributed by atoms with E-state index in [9.17, 15) is 29.4 Å². The molecule has 6 rings (SSSR count). The van der Waals surface area contributed by atoms with E-state index in [0.29, 0.717) is 11.1 Å². The fourth-order valence-corrected chi connectivity index (χ4v) is 6.31. The third-order valence-corrected chi connectivity index (χ3v) is 9.09. The molecule has 0 radical (unpaired) electrons. The number of aliphatic carboxylic acids is 1. The molecule has 0 fully saturated rings. The summed E-state index contributed by atoms with van der Waals surface area (Å²) in [5, 5.41) is 29.9. The first-order valence-corrected chi connectivity index (χ1v) is 17.0. The molecule has 4 aromatic carbocycles. The molecular formula is C40H40N6O6. The maximum atomic E-state index is 14.1. The average Bonchev–Trinajstić information content (AvgIpc) is 3.75. The van der Waals surface area contributed by atoms with E-state index in [-0.39, 0.29) is 31.4 Å². The van der Waals surface area contributed by atoms with Crippen LogP contribution in [-0.4, -0.2) is 68.0 Å². The molecule has 0 saturated heterocycles. The molecule has 6 aromatic rings. The van der Waals surface area contributed by atoms with Gasteiger partial charge >= 0.3 is 5.97 Å². The molecule has 4 unspecified atom stereocenters. The van der Waals surface area contributed by atoms with Crippen molar-refractivity contribution in [1.82, 2.24) is 25.9 Å². The van der Waals surface area contributed by atoms with E-state index in [1.54, 1.807) is 24.5 Å². The van der Waals surface area contributed by atoms with Crippen molar-refractivity contribution >= 4 is 45.5 Å². The van der Waals surface area contributed by atoms with Crippen LogP contribution in [-0.2, 0) is 44.9 Å². The molecule has 0 spiro atoms. The number of carboxylic acid groups (broad SMARTS) is 1. The first kappa shape index (κ1) is 35.4. The monoisotopic (exact) mass is 700 g/mol. The first-order chi connectivity index (χ1) is 25.1. The number of para-hydroxylation sites is 2. The number of hydrogen-bond acceptors (Lipinski definition) is 6. The summed E-state index contributed by atoms with van der Waals surface area (Å²) in [4.78, 5) is 60.2. The standard InChI is InChI=1S/C40H40N6O6/c41-31(20-26-22-42-32-12-6-4-10-29(26)32)37(48)44-34(18-24-8-2-1-3-9-24)38(49)45-35(19-25-14-16-28(47)17-15-25)39(50)46-36(40(51)52)21-27-23-43-33-13-7-5-11-30(27)33/h1-17,22-23,31,34-36,42-43,47H,18-21,41H2,(H,44,48)(H,45,49)(H,46,50)(H,51,52). The summed E-state index contributed by atoms with van der Waals surface area (Å²) >= 11 is 0. The van der Waals surface area contributed by atoms with Crippen LogP contribution in [0.25, 0.3) is 21.8 Å². The lowest BCUT2D eigenvalue weighted by molar-refractivity contribution is -0.142. The minimum absolute atomic E-state index is 0.00797. The number of aromatic nitrogens is 2. The number of aromatic amines is 2. The quantitative estimate of drug-likeness (QED) is 0.0801. The third-order valence-electron chi connectivity index (χ3n) is 9.09. The Balaban J connectivity index is 1.22. The van der Waals surface area contributed by atoms with Crippen LogP contribution in [0, 0.1) is 0 Å². The van der Waals surface area contributed by atoms with Crippen molar-refractivity contribution in [3.63, 3.8) is 0 Å². The van der Waals surface area contributed by atoms with Crippen LogP contribution in [0.15, 0.2) is 116 Å². The Morgan fingerprint density at radius 2 is 1.02 bits per heavy atom. The van der Waals surface area contributed by atoms with Crippen LogP contribution in [0.4, 0.5) is 0 Å². The van der Waals surface area contributed by atoms with Crippen molar-refractivity contribution in [1.29, 1.82) is 0 Å². The van der Waals surface area contributed by atoms with Crippen LogP contribution in [0.1, 0.15) is 22.3 Å². The Morgan fingerprint density at radius 3 is 1.58 bits per heavy atom. The number of amides is 3. The molecule has 0 aliphatic carbocycles. The van der Waals surface area contributed by atoms with Crippen molar-refractivity contribution in [3.05, 3.63) is 138 Å². The van der Waals surface area contributed by atoms with Gasteiger partial charge in [0, 0.05) is 53.5 Å². The topological polar surface area (TPSA) is 202 Å². The van der Waals surface area contributed by atoms with Gasteiger partial charge in [0.25, 0.3) is 0 Å². The summed E-state index contributed by atoms with van der Waals surface area (Å²) in [5.74, 6) is -3.15. The summed E-state index contributed by atoms with van der Waals surface area (Å²) in [6.07, 6.45) is 3.80. The number of nitrogens with one attached hydrogen (secondary N) is 5. The van der Waals surface area contributed by atoms with Gasteiger partial charge in [-0.05, 0) is 52.9 Å². The SMILES string of the molecule is NC(Cc1c[nH]c2ccccc12)C(=O)NC(Cc1ccccc1)C(=O)NC(Cc1ccc(O)cc1)C(=O)NC(Cc1c[nH]c2ccccc12)C(=O)O. The molecule has 2 aromatic heterocycles. The van der Waals surface area contributed by atoms with Gasteiger partial charge in [0.2, 0.25) is 17.7 Å². The molecule has 9 N–H and O–H groups in total. The number of phenols is 1. The lowest BCUT2D eigenvalue weighted by Gasteiger charge is -2.25. The van der Waals surface area contributed by atoms with Gasteiger partial charge in [-0.25, -0.2) is 4.79 Å². The maximum Gasteiger partial charge on any atom is 0.326 e. The van der Waals surface area contributed by atoms with Gasteiger partial charge in [0.1, 0.15) is 23.9 Å². The van der Waals surface area contributed by atoms with E-state index in [1.165, 1.54) is 12.1 Å². The predicted octanol–water partition coefficient (Wildman–Crippen LogP) is 3.49. The smallest absolute Gasteiger partial charge is 0.326 e. The Hall–Kier alpha value is -6.40. The second-order valence-electron chi connectivity index (χ2n) is 12.8. The molecule has 0 aliphatic rings. The minimum Gasteiger partial charge on any atom is -0.508 e. The number of rotatable bonds is 15. The first-order valence-electron chi connectivity index (χ1n) is 17.0. The Bertz CT molecular complexity index is 2180. The zero-order valence-electron chi connectivity index (χ0n) is 28.2. The number of phenolic OH excluding ortho intramolecular Hbond substituents is 1. The highest BCUT2D eigenvalue weighted by Gasteiger charge is 2.31. The van der Waals surface area contributed by atoms with Gasteiger partial charge in [0.15, 0.2) is 0 Å². The molecule has 4 atom stereocenters. The number of fused-ring (bicyclic) bond motifs is 2. The number of carbonyl (C=O) groups excluding carboxylic acids is 3. The summed E-state index contributed by atoms with van der Waals surface area (Å²) in [6.45, 7) is 0. The summed E-state index contributed by atoms with van der Waals surface area (Å²) in [6, 6.07) is 25.7. The second kappa shape index (κ2) is 16.1. The number of H-pyrrole nitrogens is 2. The highest BCUT2D eigenvalue weighted by Crippen LogP contribution is 2.21. The number of hydrogen-bond donors (Lipinski definition) is 8. The van der Waals surface area contributed by atoms with Gasteiger partial charge in [-0.2, -0.15) is 0 Å². The summed E-state index contributed by atoms with van der Waals surface area (Å²) in [7, 11) is 0. The molecule has 266 valence electrons. The van der Waals surface area contributed by atoms with E-state index in [2.05, 4.69) is 25.9 Å².